The minimum absolute atomic E-state index is 0.0179. The number of amides is 1. The van der Waals surface area contributed by atoms with Crippen molar-refractivity contribution in [3.05, 3.63) is 59.4 Å². The number of aromatic nitrogens is 2. The number of nitrogens with zero attached hydrogens (tertiary/aromatic N) is 2. The number of aliphatic carboxylic acids is 1. The molecule has 138 valence electrons. The zero-order valence-corrected chi connectivity index (χ0v) is 14.7. The second kappa shape index (κ2) is 6.91. The fourth-order valence-electron chi connectivity index (χ4n) is 2.91. The number of carbonyl (C=O) groups is 3. The molecule has 8 heteroatoms. The van der Waals surface area contributed by atoms with Crippen LogP contribution in [0.1, 0.15) is 27.8 Å². The molecule has 0 radical (unpaired) electrons. The first-order chi connectivity index (χ1) is 12.8. The van der Waals surface area contributed by atoms with Gasteiger partial charge in [-0.2, -0.15) is 0 Å². The van der Waals surface area contributed by atoms with Gasteiger partial charge in [-0.25, -0.2) is 9.78 Å². The Hall–Kier alpha value is -3.68. The van der Waals surface area contributed by atoms with Gasteiger partial charge in [0, 0.05) is 17.3 Å². The van der Waals surface area contributed by atoms with Gasteiger partial charge in [0.05, 0.1) is 5.56 Å². The largest absolute Gasteiger partial charge is 0.477 e. The molecule has 27 heavy (non-hydrogen) atoms. The molecule has 3 rings (SSSR count). The van der Waals surface area contributed by atoms with E-state index in [0.29, 0.717) is 11.1 Å². The number of nitrogens with two attached hydrogens (primary N) is 1. The van der Waals surface area contributed by atoms with Crippen molar-refractivity contribution >= 4 is 28.7 Å². The van der Waals surface area contributed by atoms with Crippen LogP contribution in [0.15, 0.2) is 42.6 Å². The molecule has 3 N–H and O–H groups in total. The third-order valence-corrected chi connectivity index (χ3v) is 4.17. The minimum Gasteiger partial charge on any atom is -0.477 e. The highest BCUT2D eigenvalue weighted by molar-refractivity contribution is 6.44. The molecule has 1 unspecified atom stereocenters. The summed E-state index contributed by atoms with van der Waals surface area (Å²) in [4.78, 5) is 39.8. The fraction of sp³-hybridized carbons (Fsp3) is 0.158. The third kappa shape index (κ3) is 3.24. The molecule has 0 saturated carbocycles. The summed E-state index contributed by atoms with van der Waals surface area (Å²) in [5.41, 5.74) is 6.59. The molecular weight excluding hydrogens is 350 g/mol. The summed E-state index contributed by atoms with van der Waals surface area (Å²) in [7, 11) is 0. The number of carbonyl (C=O) groups excluding carboxylic acids is 2. The van der Waals surface area contributed by atoms with Gasteiger partial charge in [0.1, 0.15) is 11.4 Å². The lowest BCUT2D eigenvalue weighted by molar-refractivity contribution is -0.149. The van der Waals surface area contributed by atoms with Crippen molar-refractivity contribution in [3.8, 4) is 5.75 Å². The first kappa shape index (κ1) is 18.1. The molecule has 8 nitrogen and oxygen atoms in total. The number of pyridine rings is 1. The van der Waals surface area contributed by atoms with Crippen LogP contribution in [-0.4, -0.2) is 32.3 Å². The van der Waals surface area contributed by atoms with Gasteiger partial charge in [-0.3, -0.25) is 14.2 Å². The molecular formula is C19H17N3O5. The van der Waals surface area contributed by atoms with Crippen molar-refractivity contribution in [1.82, 2.24) is 9.55 Å². The van der Waals surface area contributed by atoms with Crippen molar-refractivity contribution in [2.75, 3.05) is 0 Å². The number of hydrogen-bond donors (Lipinski definition) is 2. The summed E-state index contributed by atoms with van der Waals surface area (Å²) in [6.07, 6.45) is -0.0266. The normalized spacial score (nSPS) is 11.9. The molecule has 1 atom stereocenters. The van der Waals surface area contributed by atoms with Gasteiger partial charge in [0.25, 0.3) is 17.9 Å². The molecule has 0 aliphatic rings. The average Bonchev–Trinajstić information content (AvgIpc) is 2.92. The quantitative estimate of drug-likeness (QED) is 0.507. The predicted octanol–water partition coefficient (Wildman–Crippen LogP) is 1.98. The molecule has 0 spiro atoms. The van der Waals surface area contributed by atoms with E-state index in [0.717, 1.165) is 5.56 Å². The van der Waals surface area contributed by atoms with Crippen molar-refractivity contribution in [3.63, 3.8) is 0 Å². The molecule has 0 aliphatic heterocycles. The Morgan fingerprint density at radius 2 is 1.81 bits per heavy atom. The number of aryl methyl sites for hydroxylation is 1. The standard InChI is InChI=1S/C19H17N3O5/c1-10-5-7-12(8-6-10)27-18(19(25)26)22-11(2)14(15(23)16(20)24)13-4-3-9-21-17(13)22/h3-9,18H,1-2H3,(H2,20,24)(H,25,26). The Balaban J connectivity index is 2.19. The molecule has 2 aromatic heterocycles. The molecule has 1 aromatic carbocycles. The second-order valence-corrected chi connectivity index (χ2v) is 6.02. The van der Waals surface area contributed by atoms with Crippen molar-refractivity contribution in [1.29, 1.82) is 0 Å². The van der Waals surface area contributed by atoms with E-state index in [2.05, 4.69) is 4.98 Å². The molecule has 1 amide bonds. The van der Waals surface area contributed by atoms with Gasteiger partial charge >= 0.3 is 5.97 Å². The van der Waals surface area contributed by atoms with E-state index < -0.39 is 23.9 Å². The fourth-order valence-corrected chi connectivity index (χ4v) is 2.91. The highest BCUT2D eigenvalue weighted by atomic mass is 16.5. The van der Waals surface area contributed by atoms with E-state index in [1.54, 1.807) is 36.4 Å². The monoisotopic (exact) mass is 367 g/mol. The van der Waals surface area contributed by atoms with Crippen LogP contribution in [0.3, 0.4) is 0 Å². The molecule has 2 heterocycles. The molecule has 0 saturated heterocycles. The van der Waals surface area contributed by atoms with Crippen LogP contribution in [0.4, 0.5) is 0 Å². The number of Topliss-reactive ketones (excluding diaryl/α,β-unsaturated/α-hetero) is 1. The number of carboxylic acids is 1. The van der Waals surface area contributed by atoms with Crippen LogP contribution >= 0.6 is 0 Å². The van der Waals surface area contributed by atoms with Gasteiger partial charge in [-0.1, -0.05) is 17.7 Å². The SMILES string of the molecule is Cc1ccc(OC(C(=O)O)n2c(C)c(C(=O)C(N)=O)c3cccnc32)cc1. The predicted molar refractivity (Wildman–Crippen MR) is 96.5 cm³/mol. The molecule has 0 fully saturated rings. The lowest BCUT2D eigenvalue weighted by Crippen LogP contribution is -2.27. The first-order valence-electron chi connectivity index (χ1n) is 8.07. The highest BCUT2D eigenvalue weighted by Gasteiger charge is 2.31. The van der Waals surface area contributed by atoms with Crippen molar-refractivity contribution < 1.29 is 24.2 Å². The van der Waals surface area contributed by atoms with E-state index in [9.17, 15) is 19.5 Å². The first-order valence-corrected chi connectivity index (χ1v) is 8.07. The van der Waals surface area contributed by atoms with E-state index in [1.165, 1.54) is 17.7 Å². The van der Waals surface area contributed by atoms with Gasteiger partial charge in [0.2, 0.25) is 0 Å². The Labute approximate surface area is 154 Å². The summed E-state index contributed by atoms with van der Waals surface area (Å²) in [6.45, 7) is 3.42. The minimum atomic E-state index is -1.49. The van der Waals surface area contributed by atoms with Crippen LogP contribution in [0, 0.1) is 13.8 Å². The number of ether oxygens (including phenoxy) is 1. The van der Waals surface area contributed by atoms with Crippen molar-refractivity contribution in [2.45, 2.75) is 20.1 Å². The van der Waals surface area contributed by atoms with Crippen LogP contribution in [0.2, 0.25) is 0 Å². The maximum atomic E-state index is 12.3. The third-order valence-electron chi connectivity index (χ3n) is 4.17. The Kier molecular flexibility index (Phi) is 4.64. The Bertz CT molecular complexity index is 1050. The summed E-state index contributed by atoms with van der Waals surface area (Å²) >= 11 is 0. The van der Waals surface area contributed by atoms with Gasteiger partial charge < -0.3 is 15.6 Å². The van der Waals surface area contributed by atoms with Crippen LogP contribution < -0.4 is 10.5 Å². The Morgan fingerprint density at radius 1 is 1.15 bits per heavy atom. The maximum Gasteiger partial charge on any atom is 0.367 e. The number of rotatable bonds is 6. The average molecular weight is 367 g/mol. The van der Waals surface area contributed by atoms with E-state index in [4.69, 9.17) is 10.5 Å². The summed E-state index contributed by atoms with van der Waals surface area (Å²) in [5.74, 6) is -2.98. The van der Waals surface area contributed by atoms with E-state index in [1.807, 2.05) is 6.92 Å². The lowest BCUT2D eigenvalue weighted by atomic mass is 10.1. The maximum absolute atomic E-state index is 12.3. The topological polar surface area (TPSA) is 125 Å². The number of primary amides is 1. The lowest BCUT2D eigenvalue weighted by Gasteiger charge is -2.19. The van der Waals surface area contributed by atoms with E-state index >= 15 is 0 Å². The Morgan fingerprint density at radius 3 is 2.41 bits per heavy atom. The summed E-state index contributed by atoms with van der Waals surface area (Å²) in [6, 6.07) is 10.0. The van der Waals surface area contributed by atoms with Crippen LogP contribution in [0.25, 0.3) is 11.0 Å². The number of carboxylic acid groups (broad SMARTS) is 1. The number of ketones is 1. The number of fused-ring (bicyclic) bond motifs is 1. The summed E-state index contributed by atoms with van der Waals surface area (Å²) in [5, 5.41) is 10.1. The van der Waals surface area contributed by atoms with E-state index in [-0.39, 0.29) is 16.9 Å². The van der Waals surface area contributed by atoms with Gasteiger partial charge in [-0.05, 0) is 38.1 Å². The number of benzene rings is 1. The molecule has 0 bridgehead atoms. The molecule has 0 aliphatic carbocycles. The zero-order chi connectivity index (χ0) is 19.7. The second-order valence-electron chi connectivity index (χ2n) is 6.02. The molecule has 3 aromatic rings. The van der Waals surface area contributed by atoms with Gasteiger partial charge in [-0.15, -0.1) is 0 Å². The smallest absolute Gasteiger partial charge is 0.367 e. The zero-order valence-electron chi connectivity index (χ0n) is 14.7. The summed E-state index contributed by atoms with van der Waals surface area (Å²) < 4.78 is 6.93. The van der Waals surface area contributed by atoms with Crippen LogP contribution in [0.5, 0.6) is 5.75 Å². The highest BCUT2D eigenvalue weighted by Crippen LogP contribution is 2.30. The van der Waals surface area contributed by atoms with Gasteiger partial charge in [0.15, 0.2) is 0 Å². The van der Waals surface area contributed by atoms with Crippen molar-refractivity contribution in [2.24, 2.45) is 5.73 Å². The number of hydrogen-bond acceptors (Lipinski definition) is 5. The van der Waals surface area contributed by atoms with Crippen LogP contribution in [-0.2, 0) is 9.59 Å².